The van der Waals surface area contributed by atoms with Gasteiger partial charge in [-0.3, -0.25) is 20.2 Å². The molecule has 2 aromatic carbocycles. The molecule has 2 rings (SSSR count). The van der Waals surface area contributed by atoms with Crippen molar-refractivity contribution in [3.05, 3.63) is 73.8 Å². The Balaban J connectivity index is 2.23. The Labute approximate surface area is 137 Å². The number of alkyl halides is 3. The quantitative estimate of drug-likeness (QED) is 0.435. The van der Waals surface area contributed by atoms with E-state index in [1.807, 2.05) is 0 Å². The fourth-order valence-electron chi connectivity index (χ4n) is 1.88. The van der Waals surface area contributed by atoms with Crippen molar-refractivity contribution in [3.8, 4) is 0 Å². The van der Waals surface area contributed by atoms with Gasteiger partial charge in [0.15, 0.2) is 0 Å². The third-order valence-corrected chi connectivity index (χ3v) is 4.13. The summed E-state index contributed by atoms with van der Waals surface area (Å²) in [6.45, 7) is 0. The molecule has 126 valence electrons. The van der Waals surface area contributed by atoms with Gasteiger partial charge < -0.3 is 0 Å². The monoisotopic (exact) mass is 358 g/mol. The number of benzene rings is 2. The second kappa shape index (κ2) is 6.87. The Morgan fingerprint density at radius 2 is 1.71 bits per heavy atom. The van der Waals surface area contributed by atoms with Gasteiger partial charge in [-0.25, -0.2) is 0 Å². The molecule has 2 aromatic rings. The van der Waals surface area contributed by atoms with Crippen LogP contribution in [-0.4, -0.2) is 9.85 Å². The summed E-state index contributed by atoms with van der Waals surface area (Å²) >= 11 is 0.937. The first kappa shape index (κ1) is 17.7. The van der Waals surface area contributed by atoms with Gasteiger partial charge in [0.05, 0.1) is 26.4 Å². The molecule has 0 aliphatic rings. The highest BCUT2D eigenvalue weighted by Gasteiger charge is 2.30. The van der Waals surface area contributed by atoms with E-state index in [9.17, 15) is 33.4 Å². The second-order valence-electron chi connectivity index (χ2n) is 4.65. The first-order valence-electron chi connectivity index (χ1n) is 6.40. The van der Waals surface area contributed by atoms with E-state index in [2.05, 4.69) is 0 Å². The zero-order valence-corrected chi connectivity index (χ0v) is 12.6. The van der Waals surface area contributed by atoms with Gasteiger partial charge in [0.25, 0.3) is 11.4 Å². The predicted molar refractivity (Wildman–Crippen MR) is 80.8 cm³/mol. The third kappa shape index (κ3) is 4.22. The van der Waals surface area contributed by atoms with Gasteiger partial charge in [0, 0.05) is 11.8 Å². The SMILES string of the molecule is O=[N+]([O-])c1ccc(SCc2cccc(C(F)(F)F)c2)c([N+](=O)[O-])c1. The van der Waals surface area contributed by atoms with Gasteiger partial charge in [-0.2, -0.15) is 13.2 Å². The summed E-state index contributed by atoms with van der Waals surface area (Å²) in [6.07, 6.45) is -4.47. The molecule has 0 radical (unpaired) electrons. The average Bonchev–Trinajstić information content (AvgIpc) is 2.52. The molecule has 0 heterocycles. The van der Waals surface area contributed by atoms with Crippen LogP contribution in [0.4, 0.5) is 24.5 Å². The first-order chi connectivity index (χ1) is 11.2. The first-order valence-corrected chi connectivity index (χ1v) is 7.39. The normalized spacial score (nSPS) is 11.3. The summed E-state index contributed by atoms with van der Waals surface area (Å²) in [4.78, 5) is 20.3. The van der Waals surface area contributed by atoms with Crippen LogP contribution in [0.5, 0.6) is 0 Å². The van der Waals surface area contributed by atoms with E-state index in [1.165, 1.54) is 18.2 Å². The molecule has 0 saturated heterocycles. The minimum absolute atomic E-state index is 0.0581. The number of halogens is 3. The highest BCUT2D eigenvalue weighted by molar-refractivity contribution is 7.98. The highest BCUT2D eigenvalue weighted by Crippen LogP contribution is 2.35. The van der Waals surface area contributed by atoms with E-state index in [0.717, 1.165) is 36.0 Å². The lowest BCUT2D eigenvalue weighted by Crippen LogP contribution is -2.04. The molecule has 0 aromatic heterocycles. The van der Waals surface area contributed by atoms with Gasteiger partial charge >= 0.3 is 6.18 Å². The number of nitro benzene ring substituents is 2. The minimum atomic E-state index is -4.47. The molecule has 0 aliphatic carbocycles. The van der Waals surface area contributed by atoms with Crippen molar-refractivity contribution < 1.29 is 23.0 Å². The number of rotatable bonds is 5. The second-order valence-corrected chi connectivity index (χ2v) is 5.67. The van der Waals surface area contributed by atoms with Gasteiger partial charge in [-0.15, -0.1) is 11.8 Å². The van der Waals surface area contributed by atoms with Crippen LogP contribution >= 0.6 is 11.8 Å². The maximum Gasteiger partial charge on any atom is 0.416 e. The Kier molecular flexibility index (Phi) is 5.07. The molecule has 0 fully saturated rings. The average molecular weight is 358 g/mol. The Hall–Kier alpha value is -2.62. The van der Waals surface area contributed by atoms with Crippen LogP contribution in [0, 0.1) is 20.2 Å². The van der Waals surface area contributed by atoms with Gasteiger partial charge in [-0.05, 0) is 17.7 Å². The summed E-state index contributed by atoms with van der Waals surface area (Å²) in [5.41, 5.74) is -1.35. The van der Waals surface area contributed by atoms with Crippen LogP contribution in [0.3, 0.4) is 0 Å². The zero-order valence-electron chi connectivity index (χ0n) is 11.8. The summed E-state index contributed by atoms with van der Waals surface area (Å²) < 4.78 is 38.0. The molecule has 0 unspecified atom stereocenters. The van der Waals surface area contributed by atoms with Gasteiger partial charge in [0.2, 0.25) is 0 Å². The largest absolute Gasteiger partial charge is 0.416 e. The molecule has 0 amide bonds. The Morgan fingerprint density at radius 3 is 2.29 bits per heavy atom. The van der Waals surface area contributed by atoms with Crippen molar-refractivity contribution in [3.63, 3.8) is 0 Å². The third-order valence-electron chi connectivity index (χ3n) is 3.00. The van der Waals surface area contributed by atoms with E-state index in [1.54, 1.807) is 0 Å². The highest BCUT2D eigenvalue weighted by atomic mass is 32.2. The molecule has 24 heavy (non-hydrogen) atoms. The summed E-state index contributed by atoms with van der Waals surface area (Å²) in [6, 6.07) is 7.78. The molecule has 0 saturated carbocycles. The van der Waals surface area contributed by atoms with Crippen LogP contribution in [0.25, 0.3) is 0 Å². The Bertz CT molecular complexity index is 796. The smallest absolute Gasteiger partial charge is 0.258 e. The van der Waals surface area contributed by atoms with Crippen LogP contribution in [0.1, 0.15) is 11.1 Å². The van der Waals surface area contributed by atoms with Crippen LogP contribution < -0.4 is 0 Å². The maximum atomic E-state index is 12.7. The molecule has 0 N–H and O–H groups in total. The lowest BCUT2D eigenvalue weighted by atomic mass is 10.1. The van der Waals surface area contributed by atoms with Crippen LogP contribution in [-0.2, 0) is 11.9 Å². The summed E-state index contributed by atoms with van der Waals surface area (Å²) in [5.74, 6) is 0.0581. The van der Waals surface area contributed by atoms with E-state index < -0.39 is 33.0 Å². The molecule has 0 atom stereocenters. The van der Waals surface area contributed by atoms with Gasteiger partial charge in [-0.1, -0.05) is 18.2 Å². The van der Waals surface area contributed by atoms with Crippen LogP contribution in [0.2, 0.25) is 0 Å². The van der Waals surface area contributed by atoms with Crippen molar-refractivity contribution in [2.75, 3.05) is 0 Å². The summed E-state index contributed by atoms with van der Waals surface area (Å²) in [5, 5.41) is 21.7. The van der Waals surface area contributed by atoms with Crippen molar-refractivity contribution in [1.82, 2.24) is 0 Å². The summed E-state index contributed by atoms with van der Waals surface area (Å²) in [7, 11) is 0. The molecule has 0 bridgehead atoms. The fourth-order valence-corrected chi connectivity index (χ4v) is 2.83. The number of hydrogen-bond donors (Lipinski definition) is 0. The minimum Gasteiger partial charge on any atom is -0.258 e. The fraction of sp³-hybridized carbons (Fsp3) is 0.143. The van der Waals surface area contributed by atoms with E-state index in [-0.39, 0.29) is 10.6 Å². The predicted octanol–water partition coefficient (Wildman–Crippen LogP) is 4.81. The van der Waals surface area contributed by atoms with Crippen molar-refractivity contribution in [2.45, 2.75) is 16.8 Å². The molecule has 6 nitrogen and oxygen atoms in total. The zero-order chi connectivity index (χ0) is 17.9. The van der Waals surface area contributed by atoms with E-state index >= 15 is 0 Å². The molecule has 0 aliphatic heterocycles. The maximum absolute atomic E-state index is 12.7. The Morgan fingerprint density at radius 1 is 1.00 bits per heavy atom. The molecule has 10 heteroatoms. The number of nitro groups is 2. The van der Waals surface area contributed by atoms with Crippen molar-refractivity contribution in [1.29, 1.82) is 0 Å². The van der Waals surface area contributed by atoms with E-state index in [4.69, 9.17) is 0 Å². The van der Waals surface area contributed by atoms with Crippen molar-refractivity contribution in [2.24, 2.45) is 0 Å². The standard InChI is InChI=1S/C14H9F3N2O4S/c15-14(16,17)10-3-1-2-9(6-10)8-24-13-5-4-11(18(20)21)7-12(13)19(22)23/h1-7H,8H2. The lowest BCUT2D eigenvalue weighted by molar-refractivity contribution is -0.396. The van der Waals surface area contributed by atoms with Gasteiger partial charge in [0.1, 0.15) is 0 Å². The number of thioether (sulfide) groups is 1. The van der Waals surface area contributed by atoms with E-state index in [0.29, 0.717) is 5.56 Å². The molecular formula is C14H9F3N2O4S. The topological polar surface area (TPSA) is 86.3 Å². The molecular weight excluding hydrogens is 349 g/mol. The van der Waals surface area contributed by atoms with Crippen LogP contribution in [0.15, 0.2) is 47.4 Å². The van der Waals surface area contributed by atoms with Crippen molar-refractivity contribution >= 4 is 23.1 Å². The number of non-ortho nitro benzene ring substituents is 1. The number of hydrogen-bond acceptors (Lipinski definition) is 5. The number of nitrogens with zero attached hydrogens (tertiary/aromatic N) is 2. The molecule has 0 spiro atoms. The lowest BCUT2D eigenvalue weighted by Gasteiger charge is -2.08.